The molecule has 1 aromatic carbocycles. The lowest BCUT2D eigenvalue weighted by Crippen LogP contribution is -2.29. The predicted molar refractivity (Wildman–Crippen MR) is 70.6 cm³/mol. The van der Waals surface area contributed by atoms with Crippen LogP contribution in [-0.4, -0.2) is 23.8 Å². The first-order chi connectivity index (χ1) is 8.45. The van der Waals surface area contributed by atoms with E-state index in [0.717, 1.165) is 17.5 Å². The molecule has 0 bridgehead atoms. The molecule has 1 aliphatic carbocycles. The lowest BCUT2D eigenvalue weighted by Gasteiger charge is -2.29. The Morgan fingerprint density at radius 1 is 1.50 bits per heavy atom. The van der Waals surface area contributed by atoms with E-state index in [2.05, 4.69) is 0 Å². The summed E-state index contributed by atoms with van der Waals surface area (Å²) in [6.45, 7) is 3.75. The first kappa shape index (κ1) is 12.8. The Morgan fingerprint density at radius 3 is 2.83 bits per heavy atom. The van der Waals surface area contributed by atoms with Crippen molar-refractivity contribution < 1.29 is 14.6 Å². The van der Waals surface area contributed by atoms with E-state index >= 15 is 0 Å². The van der Waals surface area contributed by atoms with E-state index in [1.165, 1.54) is 5.56 Å². The summed E-state index contributed by atoms with van der Waals surface area (Å²) in [5, 5.41) is 9.02. The highest BCUT2D eigenvalue weighted by atomic mass is 16.5. The maximum Gasteiger partial charge on any atom is 0.310 e. The molecular formula is C15H18O3. The second kappa shape index (κ2) is 4.58. The van der Waals surface area contributed by atoms with Gasteiger partial charge in [-0.05, 0) is 30.5 Å². The Kier molecular flexibility index (Phi) is 3.26. The fraction of sp³-hybridized carbons (Fsp3) is 0.400. The smallest absolute Gasteiger partial charge is 0.310 e. The maximum atomic E-state index is 11.0. The van der Waals surface area contributed by atoms with Crippen molar-refractivity contribution >= 4 is 12.0 Å². The number of rotatable bonds is 3. The van der Waals surface area contributed by atoms with Crippen molar-refractivity contribution in [2.45, 2.75) is 31.8 Å². The van der Waals surface area contributed by atoms with Gasteiger partial charge in [0.05, 0.1) is 11.5 Å². The highest BCUT2D eigenvalue weighted by Crippen LogP contribution is 2.30. The Morgan fingerprint density at radius 2 is 2.22 bits per heavy atom. The molecule has 2 atom stereocenters. The summed E-state index contributed by atoms with van der Waals surface area (Å²) in [5.74, 6) is -1.27. The third kappa shape index (κ3) is 2.31. The van der Waals surface area contributed by atoms with Crippen LogP contribution >= 0.6 is 0 Å². The predicted octanol–water partition coefficient (Wildman–Crippen LogP) is 2.85. The van der Waals surface area contributed by atoms with E-state index in [1.54, 1.807) is 14.0 Å². The van der Waals surface area contributed by atoms with Crippen LogP contribution in [0.1, 0.15) is 36.5 Å². The molecule has 2 rings (SSSR count). The van der Waals surface area contributed by atoms with Gasteiger partial charge in [0.15, 0.2) is 0 Å². The minimum atomic E-state index is -0.795. The Balaban J connectivity index is 2.34. The molecule has 0 heterocycles. The quantitative estimate of drug-likeness (QED) is 0.892. The van der Waals surface area contributed by atoms with Gasteiger partial charge in [-0.2, -0.15) is 0 Å². The van der Waals surface area contributed by atoms with Gasteiger partial charge in [-0.15, -0.1) is 0 Å². The molecule has 0 radical (unpaired) electrons. The molecule has 0 fully saturated rings. The van der Waals surface area contributed by atoms with Gasteiger partial charge in [-0.25, -0.2) is 0 Å². The zero-order valence-corrected chi connectivity index (χ0v) is 10.9. The Labute approximate surface area is 107 Å². The van der Waals surface area contributed by atoms with Crippen molar-refractivity contribution in [3.8, 4) is 0 Å². The fourth-order valence-corrected chi connectivity index (χ4v) is 2.18. The minimum Gasteiger partial charge on any atom is -0.481 e. The zero-order valence-electron chi connectivity index (χ0n) is 10.9. The monoisotopic (exact) mass is 246 g/mol. The van der Waals surface area contributed by atoms with Crippen molar-refractivity contribution in [2.75, 3.05) is 7.11 Å². The maximum absolute atomic E-state index is 11.0. The van der Waals surface area contributed by atoms with Gasteiger partial charge in [0.25, 0.3) is 0 Å². The number of methoxy groups -OCH3 is 1. The lowest BCUT2D eigenvalue weighted by atomic mass is 9.85. The van der Waals surface area contributed by atoms with Crippen LogP contribution in [0.4, 0.5) is 0 Å². The van der Waals surface area contributed by atoms with Crippen LogP contribution in [0.3, 0.4) is 0 Å². The van der Waals surface area contributed by atoms with Crippen molar-refractivity contribution in [2.24, 2.45) is 0 Å². The summed E-state index contributed by atoms with van der Waals surface area (Å²) >= 11 is 0. The first-order valence-electron chi connectivity index (χ1n) is 6.05. The SMILES string of the molecule is CO[C@]1(C)C=Cc2cc(C(C)C(=O)O)ccc2C1. The molecule has 0 spiro atoms. The van der Waals surface area contributed by atoms with E-state index in [9.17, 15) is 4.79 Å². The topological polar surface area (TPSA) is 46.5 Å². The molecule has 0 aromatic heterocycles. The van der Waals surface area contributed by atoms with E-state index in [-0.39, 0.29) is 5.60 Å². The lowest BCUT2D eigenvalue weighted by molar-refractivity contribution is -0.138. The Bertz CT molecular complexity index is 504. The number of hydrogen-bond acceptors (Lipinski definition) is 2. The molecule has 0 saturated carbocycles. The third-order valence-electron chi connectivity index (χ3n) is 3.66. The van der Waals surface area contributed by atoms with Crippen LogP contribution in [-0.2, 0) is 16.0 Å². The van der Waals surface area contributed by atoms with Gasteiger partial charge in [0, 0.05) is 13.5 Å². The fourth-order valence-electron chi connectivity index (χ4n) is 2.18. The average molecular weight is 246 g/mol. The molecule has 18 heavy (non-hydrogen) atoms. The first-order valence-corrected chi connectivity index (χ1v) is 6.05. The standard InChI is InChI=1S/C15H18O3/c1-10(14(16)17)11-4-5-13-9-15(2,18-3)7-6-12(13)8-11/h4-8,10H,9H2,1-3H3,(H,16,17)/t10?,15-/m1/s1. The number of carbonyl (C=O) groups is 1. The van der Waals surface area contributed by atoms with Gasteiger partial charge in [-0.3, -0.25) is 4.79 Å². The minimum absolute atomic E-state index is 0.257. The summed E-state index contributed by atoms with van der Waals surface area (Å²) in [6, 6.07) is 5.86. The normalized spacial score (nSPS) is 23.5. The second-order valence-electron chi connectivity index (χ2n) is 5.05. The van der Waals surface area contributed by atoms with Crippen molar-refractivity contribution in [3.63, 3.8) is 0 Å². The van der Waals surface area contributed by atoms with E-state index in [4.69, 9.17) is 9.84 Å². The van der Waals surface area contributed by atoms with E-state index < -0.39 is 11.9 Å². The number of ether oxygens (including phenoxy) is 1. The largest absolute Gasteiger partial charge is 0.481 e. The summed E-state index contributed by atoms with van der Waals surface area (Å²) in [4.78, 5) is 11.0. The van der Waals surface area contributed by atoms with Gasteiger partial charge in [-0.1, -0.05) is 30.4 Å². The molecule has 0 saturated heterocycles. The number of fused-ring (bicyclic) bond motifs is 1. The molecule has 0 aliphatic heterocycles. The molecule has 3 nitrogen and oxygen atoms in total. The van der Waals surface area contributed by atoms with E-state index in [0.29, 0.717) is 0 Å². The van der Waals surface area contributed by atoms with Crippen molar-refractivity contribution in [3.05, 3.63) is 41.0 Å². The molecule has 1 N–H and O–H groups in total. The number of benzene rings is 1. The average Bonchev–Trinajstić information content (AvgIpc) is 2.37. The zero-order chi connectivity index (χ0) is 13.3. The number of carboxylic acids is 1. The number of carboxylic acid groups (broad SMARTS) is 1. The van der Waals surface area contributed by atoms with Gasteiger partial charge < -0.3 is 9.84 Å². The molecule has 3 heteroatoms. The molecule has 96 valence electrons. The van der Waals surface area contributed by atoms with Crippen LogP contribution in [0.15, 0.2) is 24.3 Å². The summed E-state index contributed by atoms with van der Waals surface area (Å²) < 4.78 is 5.47. The van der Waals surface area contributed by atoms with Gasteiger partial charge >= 0.3 is 5.97 Å². The van der Waals surface area contributed by atoms with Crippen molar-refractivity contribution in [1.82, 2.24) is 0 Å². The molecule has 1 aromatic rings. The summed E-state index contributed by atoms with van der Waals surface area (Å²) in [7, 11) is 1.70. The third-order valence-corrected chi connectivity index (χ3v) is 3.66. The molecule has 0 amide bonds. The number of aliphatic carboxylic acids is 1. The van der Waals surface area contributed by atoms with Crippen LogP contribution < -0.4 is 0 Å². The number of hydrogen-bond donors (Lipinski definition) is 1. The summed E-state index contributed by atoms with van der Waals surface area (Å²) in [5.41, 5.74) is 2.87. The molecule has 1 aliphatic rings. The summed E-state index contributed by atoms with van der Waals surface area (Å²) in [6.07, 6.45) is 4.86. The van der Waals surface area contributed by atoms with Gasteiger partial charge in [0.2, 0.25) is 0 Å². The van der Waals surface area contributed by atoms with Crippen molar-refractivity contribution in [1.29, 1.82) is 0 Å². The van der Waals surface area contributed by atoms with Crippen LogP contribution in [0.25, 0.3) is 6.08 Å². The van der Waals surface area contributed by atoms with Crippen LogP contribution in [0.5, 0.6) is 0 Å². The van der Waals surface area contributed by atoms with Crippen LogP contribution in [0.2, 0.25) is 0 Å². The molecular weight excluding hydrogens is 228 g/mol. The Hall–Kier alpha value is -1.61. The highest BCUT2D eigenvalue weighted by molar-refractivity contribution is 5.76. The van der Waals surface area contributed by atoms with Crippen LogP contribution in [0, 0.1) is 0 Å². The molecule has 1 unspecified atom stereocenters. The highest BCUT2D eigenvalue weighted by Gasteiger charge is 2.25. The van der Waals surface area contributed by atoms with Gasteiger partial charge in [0.1, 0.15) is 0 Å². The second-order valence-corrected chi connectivity index (χ2v) is 5.05. The van der Waals surface area contributed by atoms with E-state index in [1.807, 2.05) is 37.3 Å².